The highest BCUT2D eigenvalue weighted by molar-refractivity contribution is 5.78. The first-order chi connectivity index (χ1) is 7.17. The Hall–Kier alpha value is -0.570. The van der Waals surface area contributed by atoms with Crippen LogP contribution in [0.5, 0.6) is 0 Å². The molecule has 3 nitrogen and oxygen atoms in total. The van der Waals surface area contributed by atoms with Crippen molar-refractivity contribution in [2.45, 2.75) is 46.0 Å². The van der Waals surface area contributed by atoms with Gasteiger partial charge in [0.25, 0.3) is 0 Å². The summed E-state index contributed by atoms with van der Waals surface area (Å²) in [6, 6.07) is 0. The van der Waals surface area contributed by atoms with Crippen LogP contribution in [-0.4, -0.2) is 30.9 Å². The first-order valence-corrected chi connectivity index (χ1v) is 6.12. The molecule has 0 aliphatic rings. The zero-order chi connectivity index (χ0) is 11.7. The largest absolute Gasteiger partial charge is 0.345 e. The molecule has 0 radical (unpaired) electrons. The maximum absolute atomic E-state index is 12.0. The molecule has 1 atom stereocenters. The lowest BCUT2D eigenvalue weighted by molar-refractivity contribution is -0.134. The highest BCUT2D eigenvalue weighted by Crippen LogP contribution is 2.15. The standard InChI is InChI=1S/C12H26N2O/c1-4-6-8-11(5-2)12(15)14(3)10-7-9-13/h11H,4-10,13H2,1-3H3. The molecule has 0 saturated carbocycles. The van der Waals surface area contributed by atoms with Crippen LogP contribution >= 0.6 is 0 Å². The zero-order valence-electron chi connectivity index (χ0n) is 10.5. The molecule has 1 unspecified atom stereocenters. The van der Waals surface area contributed by atoms with Gasteiger partial charge in [-0.3, -0.25) is 4.79 Å². The lowest BCUT2D eigenvalue weighted by Gasteiger charge is -2.22. The van der Waals surface area contributed by atoms with Gasteiger partial charge in [-0.25, -0.2) is 0 Å². The number of carbonyl (C=O) groups is 1. The summed E-state index contributed by atoms with van der Waals surface area (Å²) in [4.78, 5) is 13.8. The third-order valence-corrected chi connectivity index (χ3v) is 2.82. The van der Waals surface area contributed by atoms with Crippen LogP contribution in [0.2, 0.25) is 0 Å². The van der Waals surface area contributed by atoms with Crippen molar-refractivity contribution >= 4 is 5.91 Å². The minimum Gasteiger partial charge on any atom is -0.345 e. The molecule has 0 rings (SSSR count). The summed E-state index contributed by atoms with van der Waals surface area (Å²) in [6.07, 6.45) is 5.18. The molecule has 0 bridgehead atoms. The summed E-state index contributed by atoms with van der Waals surface area (Å²) >= 11 is 0. The first kappa shape index (κ1) is 14.4. The van der Waals surface area contributed by atoms with Crippen LogP contribution in [0.1, 0.15) is 46.0 Å². The van der Waals surface area contributed by atoms with Gasteiger partial charge in [-0.15, -0.1) is 0 Å². The number of carbonyl (C=O) groups excluding carboxylic acids is 1. The number of amides is 1. The van der Waals surface area contributed by atoms with Crippen molar-refractivity contribution in [1.82, 2.24) is 4.90 Å². The van der Waals surface area contributed by atoms with Crippen molar-refractivity contribution in [3.63, 3.8) is 0 Å². The Morgan fingerprint density at radius 2 is 2.00 bits per heavy atom. The van der Waals surface area contributed by atoms with Crippen molar-refractivity contribution in [1.29, 1.82) is 0 Å². The highest BCUT2D eigenvalue weighted by Gasteiger charge is 2.18. The van der Waals surface area contributed by atoms with Gasteiger partial charge < -0.3 is 10.6 Å². The molecule has 0 aliphatic carbocycles. The van der Waals surface area contributed by atoms with Crippen LogP contribution in [0.15, 0.2) is 0 Å². The molecule has 0 spiro atoms. The molecular formula is C12H26N2O. The van der Waals surface area contributed by atoms with E-state index in [4.69, 9.17) is 5.73 Å². The van der Waals surface area contributed by atoms with Gasteiger partial charge in [0.2, 0.25) is 5.91 Å². The third-order valence-electron chi connectivity index (χ3n) is 2.82. The van der Waals surface area contributed by atoms with Gasteiger partial charge in [0.05, 0.1) is 0 Å². The van der Waals surface area contributed by atoms with Crippen molar-refractivity contribution in [2.75, 3.05) is 20.1 Å². The minimum atomic E-state index is 0.215. The van der Waals surface area contributed by atoms with Gasteiger partial charge in [0, 0.05) is 19.5 Å². The summed E-state index contributed by atoms with van der Waals surface area (Å²) in [5, 5.41) is 0. The topological polar surface area (TPSA) is 46.3 Å². The number of unbranched alkanes of at least 4 members (excludes halogenated alkanes) is 1. The number of hydrogen-bond donors (Lipinski definition) is 1. The van der Waals surface area contributed by atoms with E-state index < -0.39 is 0 Å². The fourth-order valence-corrected chi connectivity index (χ4v) is 1.70. The second-order valence-corrected chi connectivity index (χ2v) is 4.15. The number of nitrogens with zero attached hydrogens (tertiary/aromatic N) is 1. The minimum absolute atomic E-state index is 0.215. The second kappa shape index (κ2) is 8.72. The molecule has 90 valence electrons. The normalized spacial score (nSPS) is 12.5. The van der Waals surface area contributed by atoms with Crippen LogP contribution in [0.3, 0.4) is 0 Å². The summed E-state index contributed by atoms with van der Waals surface area (Å²) in [5.74, 6) is 0.507. The van der Waals surface area contributed by atoms with Crippen LogP contribution in [0, 0.1) is 5.92 Å². The fraction of sp³-hybridized carbons (Fsp3) is 0.917. The van der Waals surface area contributed by atoms with Gasteiger partial charge in [0.1, 0.15) is 0 Å². The van der Waals surface area contributed by atoms with E-state index in [9.17, 15) is 4.79 Å². The Morgan fingerprint density at radius 1 is 1.33 bits per heavy atom. The van der Waals surface area contributed by atoms with Crippen molar-refractivity contribution in [3.8, 4) is 0 Å². The van der Waals surface area contributed by atoms with Gasteiger partial charge in [-0.1, -0.05) is 26.7 Å². The second-order valence-electron chi connectivity index (χ2n) is 4.15. The maximum atomic E-state index is 12.0. The monoisotopic (exact) mass is 214 g/mol. The molecule has 15 heavy (non-hydrogen) atoms. The molecule has 0 aromatic carbocycles. The molecular weight excluding hydrogens is 188 g/mol. The van der Waals surface area contributed by atoms with Gasteiger partial charge in [0.15, 0.2) is 0 Å². The van der Waals surface area contributed by atoms with Crippen molar-refractivity contribution < 1.29 is 4.79 Å². The zero-order valence-corrected chi connectivity index (χ0v) is 10.5. The number of nitrogens with two attached hydrogens (primary N) is 1. The van der Waals surface area contributed by atoms with Crippen molar-refractivity contribution in [2.24, 2.45) is 11.7 Å². The molecule has 1 amide bonds. The summed E-state index contributed by atoms with van der Waals surface area (Å²) in [7, 11) is 1.88. The summed E-state index contributed by atoms with van der Waals surface area (Å²) in [5.41, 5.74) is 5.43. The van der Waals surface area contributed by atoms with E-state index in [1.165, 1.54) is 0 Å². The Balaban J connectivity index is 4.00. The van der Waals surface area contributed by atoms with Gasteiger partial charge in [-0.2, -0.15) is 0 Å². The summed E-state index contributed by atoms with van der Waals surface area (Å²) in [6.45, 7) is 5.70. The average Bonchev–Trinajstić information content (AvgIpc) is 2.26. The van der Waals surface area contributed by atoms with Crippen LogP contribution in [-0.2, 0) is 4.79 Å². The molecule has 0 heterocycles. The van der Waals surface area contributed by atoms with Crippen molar-refractivity contribution in [3.05, 3.63) is 0 Å². The fourth-order valence-electron chi connectivity index (χ4n) is 1.70. The third kappa shape index (κ3) is 5.78. The van der Waals surface area contributed by atoms with E-state index in [1.807, 2.05) is 11.9 Å². The molecule has 0 saturated heterocycles. The lowest BCUT2D eigenvalue weighted by Crippen LogP contribution is -2.34. The predicted octanol–water partition coefficient (Wildman–Crippen LogP) is 2.01. The number of hydrogen-bond acceptors (Lipinski definition) is 2. The average molecular weight is 214 g/mol. The van der Waals surface area contributed by atoms with Gasteiger partial charge >= 0.3 is 0 Å². The lowest BCUT2D eigenvalue weighted by atomic mass is 9.98. The Morgan fingerprint density at radius 3 is 2.47 bits per heavy atom. The Kier molecular flexibility index (Phi) is 8.38. The first-order valence-electron chi connectivity index (χ1n) is 6.12. The van der Waals surface area contributed by atoms with Crippen LogP contribution < -0.4 is 5.73 Å². The molecule has 0 aromatic heterocycles. The van der Waals surface area contributed by atoms with E-state index in [0.717, 1.165) is 38.6 Å². The van der Waals surface area contributed by atoms with E-state index in [-0.39, 0.29) is 5.92 Å². The quantitative estimate of drug-likeness (QED) is 0.672. The smallest absolute Gasteiger partial charge is 0.225 e. The summed E-state index contributed by atoms with van der Waals surface area (Å²) < 4.78 is 0. The molecule has 0 aliphatic heterocycles. The number of rotatable bonds is 8. The van der Waals surface area contributed by atoms with Crippen LogP contribution in [0.4, 0.5) is 0 Å². The SMILES string of the molecule is CCCCC(CC)C(=O)N(C)CCCN. The van der Waals surface area contributed by atoms with E-state index in [0.29, 0.717) is 12.5 Å². The Bertz CT molecular complexity index is 171. The molecule has 0 aromatic rings. The maximum Gasteiger partial charge on any atom is 0.225 e. The van der Waals surface area contributed by atoms with Crippen LogP contribution in [0.25, 0.3) is 0 Å². The van der Waals surface area contributed by atoms with E-state index in [2.05, 4.69) is 13.8 Å². The van der Waals surface area contributed by atoms with E-state index in [1.54, 1.807) is 0 Å². The predicted molar refractivity (Wildman–Crippen MR) is 64.6 cm³/mol. The highest BCUT2D eigenvalue weighted by atomic mass is 16.2. The molecule has 0 fully saturated rings. The van der Waals surface area contributed by atoms with E-state index >= 15 is 0 Å². The molecule has 3 heteroatoms. The molecule has 2 N–H and O–H groups in total. The van der Waals surface area contributed by atoms with Gasteiger partial charge in [-0.05, 0) is 25.8 Å². The Labute approximate surface area is 94.0 Å².